The number of fused-ring (bicyclic) bond motifs is 2. The number of hydrogen-bond acceptors (Lipinski definition) is 4. The second-order valence-corrected chi connectivity index (χ2v) is 7.15. The third kappa shape index (κ3) is 3.54. The lowest BCUT2D eigenvalue weighted by Gasteiger charge is -2.19. The van der Waals surface area contributed by atoms with Crippen LogP contribution in [0.25, 0.3) is 6.08 Å². The summed E-state index contributed by atoms with van der Waals surface area (Å²) in [7, 11) is 0. The van der Waals surface area contributed by atoms with Gasteiger partial charge in [-0.25, -0.2) is 0 Å². The van der Waals surface area contributed by atoms with Crippen LogP contribution in [0.5, 0.6) is 11.5 Å². The molecule has 0 aliphatic carbocycles. The van der Waals surface area contributed by atoms with Crippen LogP contribution in [0.4, 0.5) is 11.4 Å². The first-order valence-corrected chi connectivity index (χ1v) is 9.79. The first-order valence-electron chi connectivity index (χ1n) is 8.91. The van der Waals surface area contributed by atoms with Gasteiger partial charge in [0.05, 0.1) is 11.3 Å². The lowest BCUT2D eigenvalue weighted by molar-refractivity contribution is -0.111. The third-order valence-electron chi connectivity index (χ3n) is 4.36. The minimum absolute atomic E-state index is 0.160. The van der Waals surface area contributed by atoms with Crippen LogP contribution >= 0.6 is 11.3 Å². The fraction of sp³-hybridized carbons (Fsp3) is 0.0909. The predicted molar refractivity (Wildman–Crippen MR) is 112 cm³/mol. The largest absolute Gasteiger partial charge is 0.454 e. The van der Waals surface area contributed by atoms with Gasteiger partial charge in [0.25, 0.3) is 5.91 Å². The number of hydrogen-bond donors (Lipinski definition) is 1. The number of rotatable bonds is 4. The van der Waals surface area contributed by atoms with Gasteiger partial charge < -0.3 is 15.0 Å². The molecular weight excluding hydrogens is 372 g/mol. The SMILES string of the molecule is CCN1C(=O)c2cc(NC(=O)/C=C/c3cccs3)ccc2Oc2ccccc21. The number of nitrogens with zero attached hydrogens (tertiary/aromatic N) is 1. The Balaban J connectivity index is 1.61. The molecule has 2 amide bonds. The lowest BCUT2D eigenvalue weighted by atomic mass is 10.1. The van der Waals surface area contributed by atoms with Crippen molar-refractivity contribution >= 4 is 40.6 Å². The molecule has 140 valence electrons. The van der Waals surface area contributed by atoms with E-state index in [4.69, 9.17) is 4.74 Å². The van der Waals surface area contributed by atoms with Crippen molar-refractivity contribution in [2.45, 2.75) is 6.92 Å². The van der Waals surface area contributed by atoms with E-state index in [1.54, 1.807) is 40.5 Å². The van der Waals surface area contributed by atoms with Gasteiger partial charge >= 0.3 is 0 Å². The predicted octanol–water partition coefficient (Wildman–Crippen LogP) is 5.17. The number of nitrogens with one attached hydrogen (secondary N) is 1. The number of thiophene rings is 1. The van der Waals surface area contributed by atoms with Crippen LogP contribution in [0, 0.1) is 0 Å². The van der Waals surface area contributed by atoms with Crippen LogP contribution in [-0.4, -0.2) is 18.4 Å². The first kappa shape index (κ1) is 18.0. The van der Waals surface area contributed by atoms with E-state index in [1.807, 2.05) is 48.7 Å². The monoisotopic (exact) mass is 390 g/mol. The molecule has 0 atom stereocenters. The summed E-state index contributed by atoms with van der Waals surface area (Å²) in [6, 6.07) is 16.4. The molecule has 5 nitrogen and oxygen atoms in total. The maximum atomic E-state index is 13.1. The zero-order chi connectivity index (χ0) is 19.5. The van der Waals surface area contributed by atoms with E-state index in [0.717, 1.165) is 10.6 Å². The lowest BCUT2D eigenvalue weighted by Crippen LogP contribution is -2.29. The standard InChI is InChI=1S/C22H18N2O3S/c1-2-24-18-7-3-4-8-20(18)27-19-11-9-15(14-17(19)22(24)26)23-21(25)12-10-16-6-5-13-28-16/h3-14H,2H2,1H3,(H,23,25)/b12-10+. The molecule has 0 radical (unpaired) electrons. The highest BCUT2D eigenvalue weighted by Crippen LogP contribution is 2.39. The molecule has 6 heteroatoms. The Morgan fingerprint density at radius 2 is 2.00 bits per heavy atom. The van der Waals surface area contributed by atoms with Gasteiger partial charge in [0.2, 0.25) is 5.91 Å². The van der Waals surface area contributed by atoms with Gasteiger partial charge in [-0.05, 0) is 54.8 Å². The van der Waals surface area contributed by atoms with Crippen molar-refractivity contribution in [2.75, 3.05) is 16.8 Å². The van der Waals surface area contributed by atoms with E-state index < -0.39 is 0 Å². The van der Waals surface area contributed by atoms with Crippen LogP contribution in [0.3, 0.4) is 0 Å². The van der Waals surface area contributed by atoms with Crippen molar-refractivity contribution in [2.24, 2.45) is 0 Å². The summed E-state index contributed by atoms with van der Waals surface area (Å²) >= 11 is 1.56. The number of para-hydroxylation sites is 2. The van der Waals surface area contributed by atoms with Crippen molar-refractivity contribution in [3.8, 4) is 11.5 Å². The van der Waals surface area contributed by atoms with E-state index in [-0.39, 0.29) is 11.8 Å². The summed E-state index contributed by atoms with van der Waals surface area (Å²) in [6.45, 7) is 2.43. The maximum absolute atomic E-state index is 13.1. The number of amides is 2. The second-order valence-electron chi connectivity index (χ2n) is 6.17. The van der Waals surface area contributed by atoms with Gasteiger partial charge in [-0.15, -0.1) is 11.3 Å². The Bertz CT molecular complexity index is 1060. The Morgan fingerprint density at radius 1 is 1.14 bits per heavy atom. The summed E-state index contributed by atoms with van der Waals surface area (Å²) in [5, 5.41) is 4.75. The fourth-order valence-electron chi connectivity index (χ4n) is 3.05. The van der Waals surface area contributed by atoms with Gasteiger partial charge in [-0.3, -0.25) is 9.59 Å². The van der Waals surface area contributed by atoms with Crippen LogP contribution in [-0.2, 0) is 4.79 Å². The van der Waals surface area contributed by atoms with Crippen molar-refractivity contribution in [3.05, 3.63) is 76.5 Å². The quantitative estimate of drug-likeness (QED) is 0.625. The molecule has 0 unspecified atom stereocenters. The highest BCUT2D eigenvalue weighted by Gasteiger charge is 2.27. The van der Waals surface area contributed by atoms with Gasteiger partial charge in [0.1, 0.15) is 5.75 Å². The fourth-order valence-corrected chi connectivity index (χ4v) is 3.66. The zero-order valence-corrected chi connectivity index (χ0v) is 16.0. The van der Waals surface area contributed by atoms with E-state index in [2.05, 4.69) is 5.32 Å². The smallest absolute Gasteiger partial charge is 0.262 e. The Hall–Kier alpha value is -3.38. The molecule has 2 aromatic carbocycles. The van der Waals surface area contributed by atoms with Crippen molar-refractivity contribution < 1.29 is 14.3 Å². The minimum atomic E-state index is -0.258. The van der Waals surface area contributed by atoms with E-state index in [0.29, 0.717) is 29.3 Å². The Morgan fingerprint density at radius 3 is 2.79 bits per heavy atom. The first-order chi connectivity index (χ1) is 13.7. The zero-order valence-electron chi connectivity index (χ0n) is 15.2. The van der Waals surface area contributed by atoms with Crippen LogP contribution in [0.2, 0.25) is 0 Å². The molecule has 0 fully saturated rings. The molecule has 4 rings (SSSR count). The van der Waals surface area contributed by atoms with Crippen LogP contribution in [0.15, 0.2) is 66.1 Å². The molecule has 1 N–H and O–H groups in total. The minimum Gasteiger partial charge on any atom is -0.454 e. The number of anilines is 2. The number of benzene rings is 2. The molecule has 3 aromatic rings. The third-order valence-corrected chi connectivity index (χ3v) is 5.19. The van der Waals surface area contributed by atoms with E-state index in [1.165, 1.54) is 6.08 Å². The summed E-state index contributed by atoms with van der Waals surface area (Å²) < 4.78 is 5.97. The van der Waals surface area contributed by atoms with Gasteiger partial charge in [-0.2, -0.15) is 0 Å². The summed E-state index contributed by atoms with van der Waals surface area (Å²) in [4.78, 5) is 27.9. The number of ether oxygens (including phenoxy) is 1. The van der Waals surface area contributed by atoms with Crippen LogP contribution in [0.1, 0.15) is 22.2 Å². The molecule has 0 saturated carbocycles. The molecule has 28 heavy (non-hydrogen) atoms. The molecule has 0 spiro atoms. The Labute approximate surface area is 166 Å². The molecule has 1 aliphatic heterocycles. The normalized spacial score (nSPS) is 12.9. The highest BCUT2D eigenvalue weighted by molar-refractivity contribution is 7.10. The van der Waals surface area contributed by atoms with Crippen LogP contribution < -0.4 is 15.0 Å². The van der Waals surface area contributed by atoms with Gasteiger partial charge in [0.15, 0.2) is 5.75 Å². The second kappa shape index (κ2) is 7.70. The number of carbonyl (C=O) groups is 2. The molecule has 1 aliphatic rings. The molecule has 2 heterocycles. The van der Waals surface area contributed by atoms with Gasteiger partial charge in [-0.1, -0.05) is 18.2 Å². The molecule has 1 aromatic heterocycles. The van der Waals surface area contributed by atoms with E-state index in [9.17, 15) is 9.59 Å². The molecular formula is C22H18N2O3S. The number of carbonyl (C=O) groups excluding carboxylic acids is 2. The Kier molecular flexibility index (Phi) is 4.95. The van der Waals surface area contributed by atoms with Gasteiger partial charge in [0, 0.05) is 23.2 Å². The van der Waals surface area contributed by atoms with E-state index >= 15 is 0 Å². The summed E-state index contributed by atoms with van der Waals surface area (Å²) in [5.41, 5.74) is 1.69. The topological polar surface area (TPSA) is 58.6 Å². The van der Waals surface area contributed by atoms with Crippen molar-refractivity contribution in [1.82, 2.24) is 0 Å². The van der Waals surface area contributed by atoms with Crippen molar-refractivity contribution in [1.29, 1.82) is 0 Å². The highest BCUT2D eigenvalue weighted by atomic mass is 32.1. The van der Waals surface area contributed by atoms with Crippen molar-refractivity contribution in [3.63, 3.8) is 0 Å². The summed E-state index contributed by atoms with van der Waals surface area (Å²) in [5.74, 6) is 0.686. The summed E-state index contributed by atoms with van der Waals surface area (Å²) in [6.07, 6.45) is 3.23. The average molecular weight is 390 g/mol. The maximum Gasteiger partial charge on any atom is 0.262 e. The molecule has 0 bridgehead atoms. The average Bonchev–Trinajstić information content (AvgIpc) is 3.19. The molecule has 0 saturated heterocycles.